The highest BCUT2D eigenvalue weighted by Gasteiger charge is 2.24. The van der Waals surface area contributed by atoms with Gasteiger partial charge in [-0.3, -0.25) is 19.6 Å². The molecular formula is C21H26N4O8S. The van der Waals surface area contributed by atoms with Gasteiger partial charge in [-0.2, -0.15) is 8.42 Å². The number of anilines is 1. The molecule has 34 heavy (non-hydrogen) atoms. The normalized spacial score (nSPS) is 11.3. The molecule has 184 valence electrons. The molecule has 0 heterocycles. The minimum Gasteiger partial charge on any atom is -0.481 e. The average molecular weight is 495 g/mol. The summed E-state index contributed by atoms with van der Waals surface area (Å²) in [4.78, 5) is 36.9. The van der Waals surface area contributed by atoms with Gasteiger partial charge in [-0.15, -0.1) is 0 Å². The lowest BCUT2D eigenvalue weighted by Gasteiger charge is -2.16. The number of nitrogens with two attached hydrogens (primary N) is 1. The van der Waals surface area contributed by atoms with Crippen molar-refractivity contribution in [2.75, 3.05) is 25.7 Å². The van der Waals surface area contributed by atoms with Crippen LogP contribution in [0.15, 0.2) is 48.5 Å². The second kappa shape index (κ2) is 12.3. The highest BCUT2D eigenvalue weighted by Crippen LogP contribution is 2.24. The van der Waals surface area contributed by atoms with Crippen LogP contribution in [0.1, 0.15) is 28.3 Å². The van der Waals surface area contributed by atoms with Crippen molar-refractivity contribution in [1.82, 2.24) is 4.90 Å². The van der Waals surface area contributed by atoms with Gasteiger partial charge in [0, 0.05) is 26.2 Å². The van der Waals surface area contributed by atoms with Crippen LogP contribution in [0.3, 0.4) is 0 Å². The maximum absolute atomic E-state index is 12.2. The number of nitrogens with zero attached hydrogens (tertiary/aromatic N) is 1. The minimum atomic E-state index is -3.67. The monoisotopic (exact) mass is 494 g/mol. The standard InChI is InChI=1S/C20H22N4O5.CH4O3S/c1-24(2)17(25)11-16(18(26)27)12-5-9-15(10-6-12)29-19(28)13-3-7-14(8-4-13)23-20(21)22;1-5(2,3)4/h3-10,16H,11H2,1-2H3,(H,26,27)(H4,21,22,23);1H3,(H,2,3,4). The van der Waals surface area contributed by atoms with Crippen molar-refractivity contribution in [3.63, 3.8) is 0 Å². The number of carboxylic acids is 1. The molecule has 12 nitrogen and oxygen atoms in total. The van der Waals surface area contributed by atoms with Gasteiger partial charge < -0.3 is 25.8 Å². The topological polar surface area (TPSA) is 200 Å². The molecule has 6 N–H and O–H groups in total. The smallest absolute Gasteiger partial charge is 0.343 e. The molecule has 0 saturated heterocycles. The van der Waals surface area contributed by atoms with Crippen LogP contribution >= 0.6 is 0 Å². The average Bonchev–Trinajstić information content (AvgIpc) is 2.71. The molecule has 0 spiro atoms. The van der Waals surface area contributed by atoms with Crippen molar-refractivity contribution in [1.29, 1.82) is 5.41 Å². The van der Waals surface area contributed by atoms with E-state index < -0.39 is 28.0 Å². The summed E-state index contributed by atoms with van der Waals surface area (Å²) in [6.45, 7) is 0. The van der Waals surface area contributed by atoms with Crippen LogP contribution in [0.25, 0.3) is 0 Å². The van der Waals surface area contributed by atoms with Gasteiger partial charge in [0.2, 0.25) is 5.91 Å². The second-order valence-corrected chi connectivity index (χ2v) is 8.66. The first-order chi connectivity index (χ1) is 15.7. The predicted molar refractivity (Wildman–Crippen MR) is 125 cm³/mol. The maximum Gasteiger partial charge on any atom is 0.343 e. The molecule has 0 radical (unpaired) electrons. The fraction of sp³-hybridized carbons (Fsp3) is 0.238. The molecule has 0 aromatic heterocycles. The highest BCUT2D eigenvalue weighted by atomic mass is 32.2. The van der Waals surface area contributed by atoms with E-state index in [0.717, 1.165) is 0 Å². The zero-order valence-electron chi connectivity index (χ0n) is 18.7. The summed E-state index contributed by atoms with van der Waals surface area (Å²) >= 11 is 0. The molecule has 0 aliphatic carbocycles. The molecule has 1 unspecified atom stereocenters. The summed E-state index contributed by atoms with van der Waals surface area (Å²) in [5, 5.41) is 19.2. The Morgan fingerprint density at radius 2 is 1.59 bits per heavy atom. The number of esters is 1. The summed E-state index contributed by atoms with van der Waals surface area (Å²) in [5.41, 5.74) is 6.53. The van der Waals surface area contributed by atoms with Gasteiger partial charge in [0.15, 0.2) is 5.96 Å². The summed E-state index contributed by atoms with van der Waals surface area (Å²) in [7, 11) is -0.543. The molecular weight excluding hydrogens is 468 g/mol. The zero-order chi connectivity index (χ0) is 26.1. The lowest BCUT2D eigenvalue weighted by Crippen LogP contribution is -2.26. The van der Waals surface area contributed by atoms with Crippen LogP contribution < -0.4 is 15.8 Å². The van der Waals surface area contributed by atoms with E-state index in [9.17, 15) is 27.9 Å². The fourth-order valence-electron chi connectivity index (χ4n) is 2.48. The Bertz CT molecular complexity index is 1120. The quantitative estimate of drug-likeness (QED) is 0.123. The number of carboxylic acid groups (broad SMARTS) is 1. The van der Waals surface area contributed by atoms with Crippen molar-refractivity contribution in [2.45, 2.75) is 12.3 Å². The van der Waals surface area contributed by atoms with Gasteiger partial charge in [-0.25, -0.2) is 4.79 Å². The SMILES string of the molecule is CN(C)C(=O)CC(C(=O)O)c1ccc(OC(=O)c2ccc(NC(=N)N)cc2)cc1.CS(=O)(=O)O. The predicted octanol–water partition coefficient (Wildman–Crippen LogP) is 1.36. The molecule has 0 saturated carbocycles. The third-order valence-corrected chi connectivity index (χ3v) is 4.07. The van der Waals surface area contributed by atoms with E-state index in [1.807, 2.05) is 0 Å². The first-order valence-corrected chi connectivity index (χ1v) is 11.4. The van der Waals surface area contributed by atoms with Gasteiger partial charge in [-0.1, -0.05) is 12.1 Å². The van der Waals surface area contributed by atoms with Crippen LogP contribution in [0.4, 0.5) is 5.69 Å². The Balaban J connectivity index is 0.00000104. The van der Waals surface area contributed by atoms with E-state index >= 15 is 0 Å². The molecule has 13 heteroatoms. The van der Waals surface area contributed by atoms with Crippen LogP contribution in [-0.4, -0.2) is 67.1 Å². The molecule has 2 aromatic rings. The van der Waals surface area contributed by atoms with Crippen molar-refractivity contribution >= 4 is 39.6 Å². The van der Waals surface area contributed by atoms with Crippen molar-refractivity contribution in [3.8, 4) is 5.75 Å². The summed E-state index contributed by atoms with van der Waals surface area (Å²) < 4.78 is 31.2. The molecule has 2 rings (SSSR count). The number of aliphatic carboxylic acids is 1. The Hall–Kier alpha value is -3.97. The van der Waals surface area contributed by atoms with Gasteiger partial charge in [0.1, 0.15) is 5.75 Å². The third kappa shape index (κ3) is 10.6. The van der Waals surface area contributed by atoms with Gasteiger partial charge >= 0.3 is 11.9 Å². The van der Waals surface area contributed by atoms with E-state index in [4.69, 9.17) is 20.4 Å². The zero-order valence-corrected chi connectivity index (χ0v) is 19.5. The maximum atomic E-state index is 12.2. The summed E-state index contributed by atoms with van der Waals surface area (Å²) in [6.07, 6.45) is 0.551. The van der Waals surface area contributed by atoms with Gasteiger partial charge in [-0.05, 0) is 42.0 Å². The van der Waals surface area contributed by atoms with Crippen molar-refractivity contribution in [3.05, 3.63) is 59.7 Å². The van der Waals surface area contributed by atoms with Gasteiger partial charge in [0.05, 0.1) is 17.7 Å². The van der Waals surface area contributed by atoms with E-state index in [1.165, 1.54) is 41.3 Å². The van der Waals surface area contributed by atoms with Crippen LogP contribution in [-0.2, 0) is 19.7 Å². The number of amides is 1. The van der Waals surface area contributed by atoms with Crippen LogP contribution in [0.2, 0.25) is 0 Å². The van der Waals surface area contributed by atoms with E-state index in [0.29, 0.717) is 23.1 Å². The fourth-order valence-corrected chi connectivity index (χ4v) is 2.48. The lowest BCUT2D eigenvalue weighted by atomic mass is 9.95. The number of carbonyl (C=O) groups excluding carboxylic acids is 2. The first-order valence-electron chi connectivity index (χ1n) is 9.56. The minimum absolute atomic E-state index is 0.165. The largest absolute Gasteiger partial charge is 0.481 e. The molecule has 0 aliphatic rings. The van der Waals surface area contributed by atoms with Crippen molar-refractivity contribution in [2.24, 2.45) is 5.73 Å². The van der Waals surface area contributed by atoms with Crippen molar-refractivity contribution < 1.29 is 37.2 Å². The number of rotatable bonds is 7. The number of hydrogen-bond donors (Lipinski definition) is 5. The number of benzene rings is 2. The number of nitrogens with one attached hydrogen (secondary N) is 2. The Kier molecular flexibility index (Phi) is 10.2. The van der Waals surface area contributed by atoms with Crippen LogP contribution in [0, 0.1) is 5.41 Å². The highest BCUT2D eigenvalue weighted by molar-refractivity contribution is 7.85. The molecule has 0 fully saturated rings. The number of hydrogen-bond acceptors (Lipinski definition) is 7. The lowest BCUT2D eigenvalue weighted by molar-refractivity contribution is -0.142. The first kappa shape index (κ1) is 28.1. The van der Waals surface area contributed by atoms with Crippen LogP contribution in [0.5, 0.6) is 5.75 Å². The summed E-state index contributed by atoms with van der Waals surface area (Å²) in [6, 6.07) is 12.2. The van der Waals surface area contributed by atoms with E-state index in [-0.39, 0.29) is 24.0 Å². The number of guanidine groups is 1. The third-order valence-electron chi connectivity index (χ3n) is 4.07. The Labute approximate surface area is 196 Å². The van der Waals surface area contributed by atoms with E-state index in [2.05, 4.69) is 5.32 Å². The second-order valence-electron chi connectivity index (χ2n) is 7.19. The van der Waals surface area contributed by atoms with E-state index in [1.54, 1.807) is 26.2 Å². The number of ether oxygens (including phenoxy) is 1. The Morgan fingerprint density at radius 1 is 1.09 bits per heavy atom. The Morgan fingerprint density at radius 3 is 2.00 bits per heavy atom. The molecule has 0 bridgehead atoms. The number of carbonyl (C=O) groups is 3. The van der Waals surface area contributed by atoms with Gasteiger partial charge in [0.25, 0.3) is 10.1 Å². The summed E-state index contributed by atoms with van der Waals surface area (Å²) in [5.74, 6) is -2.96. The molecule has 1 amide bonds. The molecule has 2 aromatic carbocycles. The molecule has 0 aliphatic heterocycles. The molecule has 1 atom stereocenters.